The van der Waals surface area contributed by atoms with Crippen LogP contribution in [0, 0.1) is 0 Å². The quantitative estimate of drug-likeness (QED) is 0.370. The van der Waals surface area contributed by atoms with E-state index in [4.69, 9.17) is 0 Å². The van der Waals surface area contributed by atoms with E-state index in [0.717, 1.165) is 11.9 Å². The summed E-state index contributed by atoms with van der Waals surface area (Å²) in [7, 11) is 1.12. The molecule has 1 nitrogen and oxygen atoms in total. The van der Waals surface area contributed by atoms with Gasteiger partial charge in [0.15, 0.2) is 0 Å². The van der Waals surface area contributed by atoms with Gasteiger partial charge in [-0.3, -0.25) is 0 Å². The molecule has 0 heterocycles. The lowest BCUT2D eigenvalue weighted by Gasteiger charge is -2.18. The minimum Gasteiger partial charge on any atom is -0.320 e. The van der Waals surface area contributed by atoms with Crippen molar-refractivity contribution in [2.75, 3.05) is 19.0 Å². The van der Waals surface area contributed by atoms with E-state index in [9.17, 15) is 0 Å². The highest BCUT2D eigenvalue weighted by Gasteiger charge is 2.16. The summed E-state index contributed by atoms with van der Waals surface area (Å²) >= 11 is 4.34. The Bertz CT molecular complexity index is 85.7. The first-order chi connectivity index (χ1) is 4.62. The monoisotopic (exact) mass is 177 g/mol. The normalized spacial score (nSPS) is 12.0. The fraction of sp³-hybridized carbons (Fsp3) is 1.00. The van der Waals surface area contributed by atoms with Crippen LogP contribution in [0.5, 0.6) is 0 Å². The maximum Gasteiger partial charge on any atom is 0.0575 e. The molecule has 0 aromatic heterocycles. The molecule has 0 unspecified atom stereocenters. The van der Waals surface area contributed by atoms with E-state index >= 15 is 0 Å². The molecular weight excluding hydrogens is 158 g/mol. The molecule has 0 rings (SSSR count). The number of hydrogen-bond donors (Lipinski definition) is 2. The molecule has 0 aliphatic rings. The summed E-state index contributed by atoms with van der Waals surface area (Å²) in [5, 5.41) is 4.28. The van der Waals surface area contributed by atoms with Crippen LogP contribution in [0.15, 0.2) is 0 Å². The van der Waals surface area contributed by atoms with Gasteiger partial charge < -0.3 is 5.32 Å². The number of nitrogens with one attached hydrogen (secondary N) is 1. The zero-order chi connectivity index (χ0) is 8.04. The minimum absolute atomic E-state index is 0.890. The molecule has 0 spiro atoms. The fourth-order valence-electron chi connectivity index (χ4n) is 0.823. The Balaban J connectivity index is 3.28. The SMILES string of the molecule is CNCCC[Si](C)(C)CS. The average Bonchev–Trinajstić information content (AvgIpc) is 1.89. The lowest BCUT2D eigenvalue weighted by atomic mass is 10.5. The number of rotatable bonds is 5. The average molecular weight is 177 g/mol. The molecule has 62 valence electrons. The van der Waals surface area contributed by atoms with Gasteiger partial charge in [0.2, 0.25) is 0 Å². The first-order valence-corrected chi connectivity index (χ1v) is 7.92. The lowest BCUT2D eigenvalue weighted by molar-refractivity contribution is 0.764. The fourth-order valence-corrected chi connectivity index (χ4v) is 2.59. The van der Waals surface area contributed by atoms with Crippen LogP contribution in [-0.2, 0) is 0 Å². The van der Waals surface area contributed by atoms with Gasteiger partial charge >= 0.3 is 0 Å². The molecular formula is C7H19NSSi. The van der Waals surface area contributed by atoms with Crippen LogP contribution < -0.4 is 5.32 Å². The third kappa shape index (κ3) is 5.32. The van der Waals surface area contributed by atoms with Crippen LogP contribution in [0.25, 0.3) is 0 Å². The van der Waals surface area contributed by atoms with Crippen LogP contribution in [0.3, 0.4) is 0 Å². The molecule has 10 heavy (non-hydrogen) atoms. The second-order valence-electron chi connectivity index (χ2n) is 3.53. The summed E-state index contributed by atoms with van der Waals surface area (Å²) in [5.41, 5.74) is 0. The van der Waals surface area contributed by atoms with Gasteiger partial charge in [0.05, 0.1) is 8.07 Å². The van der Waals surface area contributed by atoms with Gasteiger partial charge in [-0.25, -0.2) is 0 Å². The van der Waals surface area contributed by atoms with Crippen molar-refractivity contribution in [1.82, 2.24) is 5.32 Å². The van der Waals surface area contributed by atoms with Gasteiger partial charge in [-0.15, -0.1) is 0 Å². The van der Waals surface area contributed by atoms with Gasteiger partial charge in [0, 0.05) is 0 Å². The molecule has 0 saturated carbocycles. The van der Waals surface area contributed by atoms with Crippen LogP contribution >= 0.6 is 12.6 Å². The van der Waals surface area contributed by atoms with Gasteiger partial charge in [-0.05, 0) is 25.4 Å². The summed E-state index contributed by atoms with van der Waals surface area (Å²) < 4.78 is 0. The smallest absolute Gasteiger partial charge is 0.0575 e. The van der Waals surface area contributed by atoms with Crippen molar-refractivity contribution < 1.29 is 0 Å². The molecule has 3 heteroatoms. The van der Waals surface area contributed by atoms with Gasteiger partial charge in [0.25, 0.3) is 0 Å². The zero-order valence-electron chi connectivity index (χ0n) is 7.28. The van der Waals surface area contributed by atoms with Crippen LogP contribution in [0.4, 0.5) is 0 Å². The highest BCUT2D eigenvalue weighted by molar-refractivity contribution is 7.82. The predicted octanol–water partition coefficient (Wildman–Crippen LogP) is 1.77. The molecule has 0 atom stereocenters. The molecule has 0 aliphatic carbocycles. The topological polar surface area (TPSA) is 12.0 Å². The summed E-state index contributed by atoms with van der Waals surface area (Å²) in [6.45, 7) is 5.95. The van der Waals surface area contributed by atoms with E-state index in [1.807, 2.05) is 7.05 Å². The molecule has 0 aromatic carbocycles. The largest absolute Gasteiger partial charge is 0.320 e. The van der Waals surface area contributed by atoms with Crippen molar-refractivity contribution >= 4 is 20.7 Å². The Morgan fingerprint density at radius 2 is 2.00 bits per heavy atom. The molecule has 0 radical (unpaired) electrons. The van der Waals surface area contributed by atoms with Crippen LogP contribution in [0.1, 0.15) is 6.42 Å². The first-order valence-electron chi connectivity index (χ1n) is 3.88. The maximum atomic E-state index is 4.34. The Morgan fingerprint density at radius 1 is 1.40 bits per heavy atom. The molecule has 1 N–H and O–H groups in total. The van der Waals surface area contributed by atoms with Gasteiger partial charge in [-0.1, -0.05) is 19.1 Å². The van der Waals surface area contributed by atoms with Crippen molar-refractivity contribution in [2.24, 2.45) is 0 Å². The van der Waals surface area contributed by atoms with Crippen molar-refractivity contribution in [3.63, 3.8) is 0 Å². The Morgan fingerprint density at radius 3 is 2.40 bits per heavy atom. The van der Waals surface area contributed by atoms with Crippen molar-refractivity contribution in [3.05, 3.63) is 0 Å². The maximum absolute atomic E-state index is 4.34. The van der Waals surface area contributed by atoms with E-state index in [2.05, 4.69) is 31.0 Å². The highest BCUT2D eigenvalue weighted by atomic mass is 32.1. The summed E-state index contributed by atoms with van der Waals surface area (Å²) in [6.07, 6.45) is 1.32. The lowest BCUT2D eigenvalue weighted by Crippen LogP contribution is -2.29. The Labute approximate surface area is 71.0 Å². The predicted molar refractivity (Wildman–Crippen MR) is 54.7 cm³/mol. The molecule has 0 aromatic rings. The zero-order valence-corrected chi connectivity index (χ0v) is 9.17. The highest BCUT2D eigenvalue weighted by Crippen LogP contribution is 2.12. The van der Waals surface area contributed by atoms with Crippen molar-refractivity contribution in [3.8, 4) is 0 Å². The standard InChI is InChI=1S/C7H19NSSi/c1-8-5-4-6-10(2,3)7-9/h8-9H,4-7H2,1-3H3. The van der Waals surface area contributed by atoms with Crippen molar-refractivity contribution in [1.29, 1.82) is 0 Å². The van der Waals surface area contributed by atoms with E-state index in [-0.39, 0.29) is 0 Å². The minimum atomic E-state index is -0.890. The van der Waals surface area contributed by atoms with Gasteiger partial charge in [0.1, 0.15) is 0 Å². The summed E-state index contributed by atoms with van der Waals surface area (Å²) in [5.74, 6) is 0. The number of hydrogen-bond acceptors (Lipinski definition) is 2. The van der Waals surface area contributed by atoms with E-state index < -0.39 is 8.07 Å². The first kappa shape index (κ1) is 10.5. The summed E-state index contributed by atoms with van der Waals surface area (Å²) in [4.78, 5) is 0. The molecule has 0 fully saturated rings. The molecule has 0 amide bonds. The van der Waals surface area contributed by atoms with Gasteiger partial charge in [-0.2, -0.15) is 12.6 Å². The second kappa shape index (κ2) is 5.21. The van der Waals surface area contributed by atoms with Crippen molar-refractivity contribution in [2.45, 2.75) is 25.6 Å². The summed E-state index contributed by atoms with van der Waals surface area (Å²) in [6, 6.07) is 1.40. The molecule has 0 bridgehead atoms. The Kier molecular flexibility index (Phi) is 5.49. The molecule has 0 saturated heterocycles. The van der Waals surface area contributed by atoms with E-state index in [0.29, 0.717) is 0 Å². The van der Waals surface area contributed by atoms with Crippen LogP contribution in [-0.4, -0.2) is 27.0 Å². The Hall–Kier alpha value is 0.527. The van der Waals surface area contributed by atoms with E-state index in [1.165, 1.54) is 12.5 Å². The third-order valence-electron chi connectivity index (χ3n) is 1.71. The second-order valence-corrected chi connectivity index (χ2v) is 9.62. The third-order valence-corrected chi connectivity index (χ3v) is 6.84. The van der Waals surface area contributed by atoms with Crippen LogP contribution in [0.2, 0.25) is 19.1 Å². The van der Waals surface area contributed by atoms with E-state index in [1.54, 1.807) is 0 Å². The molecule has 0 aliphatic heterocycles. The number of thiol groups is 1.